The molecule has 0 unspecified atom stereocenters. The van der Waals surface area contributed by atoms with Crippen molar-refractivity contribution in [3.8, 4) is 0 Å². The highest BCUT2D eigenvalue weighted by Crippen LogP contribution is 2.35. The fraction of sp³-hybridized carbons (Fsp3) is 0.458. The molecule has 1 aromatic carbocycles. The van der Waals surface area contributed by atoms with Crippen LogP contribution in [0.3, 0.4) is 0 Å². The summed E-state index contributed by atoms with van der Waals surface area (Å²) in [6.07, 6.45) is -0.476. The molecule has 0 bridgehead atoms. The van der Waals surface area contributed by atoms with Gasteiger partial charge in [-0.2, -0.15) is 13.2 Å². The number of amides is 1. The Morgan fingerprint density at radius 3 is 2.69 bits per heavy atom. The maximum atomic E-state index is 13.9. The maximum Gasteiger partial charge on any atom is 0.416 e. The number of alkyl halides is 3. The zero-order valence-corrected chi connectivity index (χ0v) is 19.5. The zero-order valence-electron chi connectivity index (χ0n) is 19.5. The van der Waals surface area contributed by atoms with Crippen molar-refractivity contribution < 1.29 is 18.0 Å². The number of piperazine rings is 1. The van der Waals surface area contributed by atoms with Crippen LogP contribution in [0.2, 0.25) is 0 Å². The smallest absolute Gasteiger partial charge is 0.354 e. The van der Waals surface area contributed by atoms with Crippen LogP contribution in [0.5, 0.6) is 0 Å². The Morgan fingerprint density at radius 1 is 1.11 bits per heavy atom. The van der Waals surface area contributed by atoms with Crippen molar-refractivity contribution in [2.75, 3.05) is 56.5 Å². The van der Waals surface area contributed by atoms with Crippen LogP contribution < -0.4 is 10.2 Å². The number of rotatable bonds is 5. The molecule has 2 fully saturated rings. The summed E-state index contributed by atoms with van der Waals surface area (Å²) in [5.74, 6) is 0.115. The summed E-state index contributed by atoms with van der Waals surface area (Å²) in [5, 5.41) is 7.22. The molecule has 11 heteroatoms. The minimum Gasteiger partial charge on any atom is -0.354 e. The second-order valence-electron chi connectivity index (χ2n) is 9.29. The first-order valence-electron chi connectivity index (χ1n) is 11.7. The molecule has 1 N–H and O–H groups in total. The molecule has 0 spiro atoms. The number of hydrogen-bond acceptors (Lipinski definition) is 6. The average Bonchev–Trinajstić information content (AvgIpc) is 3.50. The molecule has 35 heavy (non-hydrogen) atoms. The van der Waals surface area contributed by atoms with Crippen LogP contribution in [0.1, 0.15) is 17.5 Å². The number of aromatic nitrogens is 3. The van der Waals surface area contributed by atoms with E-state index in [-0.39, 0.29) is 29.6 Å². The van der Waals surface area contributed by atoms with Crippen LogP contribution in [0, 0.1) is 5.92 Å². The molecule has 186 valence electrons. The molecule has 0 radical (unpaired) electrons. The lowest BCUT2D eigenvalue weighted by Crippen LogP contribution is -2.44. The first-order chi connectivity index (χ1) is 16.8. The van der Waals surface area contributed by atoms with Crippen LogP contribution in [-0.2, 0) is 17.5 Å². The predicted molar refractivity (Wildman–Crippen MR) is 126 cm³/mol. The lowest BCUT2D eigenvalue weighted by molar-refractivity contribution is -0.138. The van der Waals surface area contributed by atoms with E-state index >= 15 is 0 Å². The highest BCUT2D eigenvalue weighted by molar-refractivity contribution is 5.93. The van der Waals surface area contributed by atoms with Gasteiger partial charge in [-0.15, -0.1) is 5.10 Å². The normalized spacial score (nSPS) is 20.0. The number of carbonyl (C=O) groups excluding carboxylic acids is 1. The highest BCUT2D eigenvalue weighted by atomic mass is 19.4. The minimum absolute atomic E-state index is 0.167. The summed E-state index contributed by atoms with van der Waals surface area (Å²) >= 11 is 0. The van der Waals surface area contributed by atoms with Crippen LogP contribution in [0.4, 0.5) is 24.7 Å². The predicted octanol–water partition coefficient (Wildman–Crippen LogP) is 2.96. The first-order valence-corrected chi connectivity index (χ1v) is 11.7. The second-order valence-corrected chi connectivity index (χ2v) is 9.29. The number of anilines is 2. The number of fused-ring (bicyclic) bond motifs is 1. The van der Waals surface area contributed by atoms with Gasteiger partial charge in [0.1, 0.15) is 5.82 Å². The van der Waals surface area contributed by atoms with E-state index in [0.29, 0.717) is 19.5 Å². The molecule has 2 aliphatic heterocycles. The summed E-state index contributed by atoms with van der Waals surface area (Å²) in [6, 6.07) is 7.84. The van der Waals surface area contributed by atoms with Crippen LogP contribution in [0.15, 0.2) is 42.7 Å². The van der Waals surface area contributed by atoms with E-state index < -0.39 is 11.7 Å². The number of imidazole rings is 1. The fourth-order valence-corrected chi connectivity index (χ4v) is 4.70. The largest absolute Gasteiger partial charge is 0.416 e. The molecule has 0 saturated carbocycles. The van der Waals surface area contributed by atoms with Gasteiger partial charge in [0.25, 0.3) is 0 Å². The Labute approximate surface area is 201 Å². The molecule has 2 aliphatic rings. The van der Waals surface area contributed by atoms with Crippen molar-refractivity contribution in [1.29, 1.82) is 0 Å². The molecular weight excluding hydrogens is 459 g/mol. The maximum absolute atomic E-state index is 13.9. The topological polar surface area (TPSA) is 69.0 Å². The van der Waals surface area contributed by atoms with Crippen molar-refractivity contribution >= 4 is 23.1 Å². The van der Waals surface area contributed by atoms with Gasteiger partial charge in [-0.1, -0.05) is 6.07 Å². The molecule has 3 aromatic rings. The number of hydrogen-bond donors (Lipinski definition) is 1. The molecular formula is C24H28F3N7O. The van der Waals surface area contributed by atoms with E-state index in [0.717, 1.165) is 43.7 Å². The summed E-state index contributed by atoms with van der Waals surface area (Å²) in [4.78, 5) is 23.3. The van der Waals surface area contributed by atoms with E-state index in [9.17, 15) is 18.0 Å². The van der Waals surface area contributed by atoms with Gasteiger partial charge < -0.3 is 15.1 Å². The van der Waals surface area contributed by atoms with Gasteiger partial charge in [0, 0.05) is 63.9 Å². The van der Waals surface area contributed by atoms with E-state index in [1.807, 2.05) is 29.0 Å². The lowest BCUT2D eigenvalue weighted by Gasteiger charge is -2.33. The van der Waals surface area contributed by atoms with Crippen LogP contribution in [0.25, 0.3) is 5.65 Å². The van der Waals surface area contributed by atoms with Crippen LogP contribution >= 0.6 is 0 Å². The molecule has 5 rings (SSSR count). The van der Waals surface area contributed by atoms with E-state index in [1.165, 1.54) is 6.07 Å². The van der Waals surface area contributed by atoms with E-state index in [2.05, 4.69) is 20.3 Å². The second kappa shape index (κ2) is 9.46. The third-order valence-electron chi connectivity index (χ3n) is 6.80. The summed E-state index contributed by atoms with van der Waals surface area (Å²) in [7, 11) is 2.01. The molecule has 2 aromatic heterocycles. The van der Waals surface area contributed by atoms with Gasteiger partial charge in [-0.05, 0) is 43.3 Å². The minimum atomic E-state index is -4.50. The van der Waals surface area contributed by atoms with Crippen molar-refractivity contribution in [2.24, 2.45) is 5.92 Å². The van der Waals surface area contributed by atoms with Gasteiger partial charge in [-0.25, -0.2) is 9.50 Å². The number of likely N-dealkylation sites (N-methyl/N-ethyl adjacent to an activating group) is 1. The fourth-order valence-electron chi connectivity index (χ4n) is 4.70. The number of carbonyl (C=O) groups is 1. The third kappa shape index (κ3) is 5.25. The number of nitrogens with zero attached hydrogens (tertiary/aromatic N) is 6. The van der Waals surface area contributed by atoms with Gasteiger partial charge in [0.15, 0.2) is 5.65 Å². The SMILES string of the molecule is CN1CCN(Cc2ccc(NC(=O)[C@@H]3CCN(c4ccc5nccn5n4)C3)cc2C(F)(F)F)CC1. The molecule has 2 saturated heterocycles. The molecule has 4 heterocycles. The van der Waals surface area contributed by atoms with Gasteiger partial charge in [0.2, 0.25) is 5.91 Å². The monoisotopic (exact) mass is 487 g/mol. The number of halogens is 3. The average molecular weight is 488 g/mol. The van der Waals surface area contributed by atoms with Crippen molar-refractivity contribution in [3.63, 3.8) is 0 Å². The zero-order chi connectivity index (χ0) is 24.6. The highest BCUT2D eigenvalue weighted by Gasteiger charge is 2.35. The van der Waals surface area contributed by atoms with Crippen molar-refractivity contribution in [1.82, 2.24) is 24.4 Å². The number of nitrogens with one attached hydrogen (secondary N) is 1. The Hall–Kier alpha value is -3.18. The number of benzene rings is 1. The standard InChI is InChI=1S/C24H28F3N7O/c1-31-10-12-32(13-11-31)15-17-2-3-19(14-20(17)24(25,26)27)29-23(35)18-6-8-33(16-18)22-5-4-21-28-7-9-34(21)30-22/h2-5,7,9,14,18H,6,8,10-13,15-16H2,1H3,(H,29,35)/t18-/m1/s1. The molecule has 1 amide bonds. The summed E-state index contributed by atoms with van der Waals surface area (Å²) < 4.78 is 43.2. The summed E-state index contributed by atoms with van der Waals surface area (Å²) in [6.45, 7) is 4.46. The van der Waals surface area contributed by atoms with Crippen molar-refractivity contribution in [2.45, 2.75) is 19.1 Å². The first kappa shape index (κ1) is 23.6. The quantitative estimate of drug-likeness (QED) is 0.597. The lowest BCUT2D eigenvalue weighted by atomic mass is 10.0. The summed E-state index contributed by atoms with van der Waals surface area (Å²) in [5.41, 5.74) is 0.438. The Morgan fingerprint density at radius 2 is 1.91 bits per heavy atom. The van der Waals surface area contributed by atoms with Gasteiger partial charge >= 0.3 is 6.18 Å². The van der Waals surface area contributed by atoms with Gasteiger partial charge in [-0.3, -0.25) is 9.69 Å². The third-order valence-corrected chi connectivity index (χ3v) is 6.80. The Balaban J connectivity index is 1.25. The molecule has 0 aliphatic carbocycles. The van der Waals surface area contributed by atoms with Crippen LogP contribution in [-0.4, -0.2) is 76.6 Å². The van der Waals surface area contributed by atoms with Crippen molar-refractivity contribution in [3.05, 3.63) is 53.9 Å². The van der Waals surface area contributed by atoms with Gasteiger partial charge in [0.05, 0.1) is 11.5 Å². The Kier molecular flexibility index (Phi) is 6.37. The molecule has 8 nitrogen and oxygen atoms in total. The van der Waals surface area contributed by atoms with E-state index in [4.69, 9.17) is 0 Å². The molecule has 1 atom stereocenters. The van der Waals surface area contributed by atoms with E-state index in [1.54, 1.807) is 23.0 Å². The Bertz CT molecular complexity index is 1200.